The monoisotopic (exact) mass is 282 g/mol. The smallest absolute Gasteiger partial charge is 0.317 e. The normalized spacial score (nSPS) is 23.2. The van der Waals surface area contributed by atoms with Crippen molar-refractivity contribution in [1.29, 1.82) is 0 Å². The number of amides is 4. The van der Waals surface area contributed by atoms with E-state index >= 15 is 0 Å². The van der Waals surface area contributed by atoms with E-state index in [-0.39, 0.29) is 23.8 Å². The van der Waals surface area contributed by atoms with Crippen LogP contribution in [0.5, 0.6) is 0 Å². The SMILES string of the molecule is CCNC(=O)N1CCN(C(=O)C2CCC(=O)NC2)CC1. The summed E-state index contributed by atoms with van der Waals surface area (Å²) < 4.78 is 0. The molecule has 1 atom stereocenters. The molecule has 2 rings (SSSR count). The van der Waals surface area contributed by atoms with Crippen LogP contribution in [0.25, 0.3) is 0 Å². The number of urea groups is 1. The molecule has 0 radical (unpaired) electrons. The number of rotatable bonds is 2. The molecule has 1 unspecified atom stereocenters. The first kappa shape index (κ1) is 14.6. The van der Waals surface area contributed by atoms with Crippen LogP contribution in [0, 0.1) is 5.92 Å². The van der Waals surface area contributed by atoms with Crippen LogP contribution >= 0.6 is 0 Å². The third-order valence-electron chi connectivity index (χ3n) is 3.82. The minimum Gasteiger partial charge on any atom is -0.355 e. The van der Waals surface area contributed by atoms with Crippen LogP contribution in [-0.4, -0.2) is 66.9 Å². The highest BCUT2D eigenvalue weighted by atomic mass is 16.2. The van der Waals surface area contributed by atoms with E-state index in [2.05, 4.69) is 10.6 Å². The number of carbonyl (C=O) groups is 3. The molecule has 2 saturated heterocycles. The van der Waals surface area contributed by atoms with Gasteiger partial charge in [0.05, 0.1) is 5.92 Å². The quantitative estimate of drug-likeness (QED) is 0.708. The van der Waals surface area contributed by atoms with E-state index in [0.717, 1.165) is 0 Å². The fourth-order valence-electron chi connectivity index (χ4n) is 2.59. The van der Waals surface area contributed by atoms with Gasteiger partial charge in [-0.3, -0.25) is 9.59 Å². The van der Waals surface area contributed by atoms with Crippen LogP contribution in [0.15, 0.2) is 0 Å². The standard InChI is InChI=1S/C13H22N4O3/c1-2-14-13(20)17-7-5-16(6-8-17)12(19)10-3-4-11(18)15-9-10/h10H,2-9H2,1H3,(H,14,20)(H,15,18). The summed E-state index contributed by atoms with van der Waals surface area (Å²) in [4.78, 5) is 38.6. The Morgan fingerprint density at radius 2 is 1.90 bits per heavy atom. The van der Waals surface area contributed by atoms with Gasteiger partial charge in [-0.1, -0.05) is 0 Å². The molecule has 0 bridgehead atoms. The lowest BCUT2D eigenvalue weighted by molar-refractivity contribution is -0.138. The number of carbonyl (C=O) groups excluding carboxylic acids is 3. The Hall–Kier alpha value is -1.79. The zero-order valence-electron chi connectivity index (χ0n) is 11.9. The van der Waals surface area contributed by atoms with Crippen LogP contribution in [0.4, 0.5) is 4.79 Å². The Labute approximate surface area is 118 Å². The molecule has 20 heavy (non-hydrogen) atoms. The van der Waals surface area contributed by atoms with Gasteiger partial charge >= 0.3 is 6.03 Å². The molecule has 2 aliphatic heterocycles. The Bertz CT molecular complexity index is 381. The van der Waals surface area contributed by atoms with Crippen molar-refractivity contribution in [2.24, 2.45) is 5.92 Å². The lowest BCUT2D eigenvalue weighted by Gasteiger charge is -2.37. The maximum atomic E-state index is 12.3. The van der Waals surface area contributed by atoms with Gasteiger partial charge in [0.25, 0.3) is 0 Å². The second-order valence-corrected chi connectivity index (χ2v) is 5.19. The fourth-order valence-corrected chi connectivity index (χ4v) is 2.59. The van der Waals surface area contributed by atoms with Gasteiger partial charge in [0.1, 0.15) is 0 Å². The van der Waals surface area contributed by atoms with Crippen molar-refractivity contribution in [2.45, 2.75) is 19.8 Å². The number of piperidine rings is 1. The molecule has 0 aromatic heterocycles. The van der Waals surface area contributed by atoms with E-state index in [4.69, 9.17) is 0 Å². The van der Waals surface area contributed by atoms with Crippen molar-refractivity contribution in [3.05, 3.63) is 0 Å². The zero-order valence-corrected chi connectivity index (χ0v) is 11.9. The van der Waals surface area contributed by atoms with Crippen LogP contribution < -0.4 is 10.6 Å². The summed E-state index contributed by atoms with van der Waals surface area (Å²) >= 11 is 0. The first-order valence-corrected chi connectivity index (χ1v) is 7.20. The maximum Gasteiger partial charge on any atom is 0.317 e. The van der Waals surface area contributed by atoms with E-state index in [1.807, 2.05) is 6.92 Å². The molecular weight excluding hydrogens is 260 g/mol. The van der Waals surface area contributed by atoms with Gasteiger partial charge < -0.3 is 20.4 Å². The van der Waals surface area contributed by atoms with Crippen molar-refractivity contribution in [1.82, 2.24) is 20.4 Å². The molecule has 0 aromatic carbocycles. The number of nitrogens with zero attached hydrogens (tertiary/aromatic N) is 2. The number of nitrogens with one attached hydrogen (secondary N) is 2. The Morgan fingerprint density at radius 1 is 1.25 bits per heavy atom. The molecule has 0 saturated carbocycles. The first-order valence-electron chi connectivity index (χ1n) is 7.20. The molecule has 2 N–H and O–H groups in total. The lowest BCUT2D eigenvalue weighted by atomic mass is 9.97. The minimum atomic E-state index is -0.108. The van der Waals surface area contributed by atoms with E-state index in [9.17, 15) is 14.4 Å². The van der Waals surface area contributed by atoms with Gasteiger partial charge in [0, 0.05) is 45.7 Å². The molecular formula is C13H22N4O3. The molecule has 2 aliphatic rings. The summed E-state index contributed by atoms with van der Waals surface area (Å²) in [7, 11) is 0. The summed E-state index contributed by atoms with van der Waals surface area (Å²) in [6.45, 7) is 5.21. The molecule has 0 aliphatic carbocycles. The average molecular weight is 282 g/mol. The third-order valence-corrected chi connectivity index (χ3v) is 3.82. The highest BCUT2D eigenvalue weighted by Gasteiger charge is 2.31. The van der Waals surface area contributed by atoms with Gasteiger partial charge in [0.15, 0.2) is 0 Å². The van der Waals surface area contributed by atoms with Crippen LogP contribution in [-0.2, 0) is 9.59 Å². The highest BCUT2D eigenvalue weighted by molar-refractivity contribution is 5.84. The predicted molar refractivity (Wildman–Crippen MR) is 73.0 cm³/mol. The summed E-state index contributed by atoms with van der Waals surface area (Å²) in [5.41, 5.74) is 0. The summed E-state index contributed by atoms with van der Waals surface area (Å²) in [5, 5.41) is 5.50. The van der Waals surface area contributed by atoms with Crippen molar-refractivity contribution >= 4 is 17.8 Å². The van der Waals surface area contributed by atoms with Crippen LogP contribution in [0.1, 0.15) is 19.8 Å². The average Bonchev–Trinajstić information content (AvgIpc) is 2.48. The molecule has 112 valence electrons. The fraction of sp³-hybridized carbons (Fsp3) is 0.769. The molecule has 7 nitrogen and oxygen atoms in total. The van der Waals surface area contributed by atoms with E-state index in [0.29, 0.717) is 52.1 Å². The molecule has 0 aromatic rings. The molecule has 7 heteroatoms. The summed E-state index contributed by atoms with van der Waals surface area (Å²) in [6, 6.07) is -0.0653. The lowest BCUT2D eigenvalue weighted by Crippen LogP contribution is -2.55. The molecule has 2 fully saturated rings. The molecule has 2 heterocycles. The van der Waals surface area contributed by atoms with E-state index in [1.54, 1.807) is 9.80 Å². The minimum absolute atomic E-state index is 0.0232. The number of hydrogen-bond donors (Lipinski definition) is 2. The number of hydrogen-bond acceptors (Lipinski definition) is 3. The largest absolute Gasteiger partial charge is 0.355 e. The van der Waals surface area contributed by atoms with Crippen LogP contribution in [0.2, 0.25) is 0 Å². The van der Waals surface area contributed by atoms with Gasteiger partial charge in [-0.15, -0.1) is 0 Å². The van der Waals surface area contributed by atoms with Crippen molar-refractivity contribution < 1.29 is 14.4 Å². The van der Waals surface area contributed by atoms with E-state index in [1.165, 1.54) is 0 Å². The van der Waals surface area contributed by atoms with Crippen molar-refractivity contribution in [2.75, 3.05) is 39.3 Å². The molecule has 0 spiro atoms. The highest BCUT2D eigenvalue weighted by Crippen LogP contribution is 2.15. The number of piperazine rings is 1. The van der Waals surface area contributed by atoms with Crippen molar-refractivity contribution in [3.63, 3.8) is 0 Å². The molecule has 4 amide bonds. The Morgan fingerprint density at radius 3 is 2.45 bits per heavy atom. The Balaban J connectivity index is 1.80. The Kier molecular flexibility index (Phi) is 4.81. The predicted octanol–water partition coefficient (Wildman–Crippen LogP) is -0.614. The van der Waals surface area contributed by atoms with Crippen molar-refractivity contribution in [3.8, 4) is 0 Å². The van der Waals surface area contributed by atoms with Crippen LogP contribution in [0.3, 0.4) is 0 Å². The van der Waals surface area contributed by atoms with E-state index < -0.39 is 0 Å². The zero-order chi connectivity index (χ0) is 14.5. The summed E-state index contributed by atoms with van der Waals surface area (Å²) in [6.07, 6.45) is 1.05. The second kappa shape index (κ2) is 6.58. The summed E-state index contributed by atoms with van der Waals surface area (Å²) in [5.74, 6) is 0.0133. The van der Waals surface area contributed by atoms with Gasteiger partial charge in [-0.05, 0) is 13.3 Å². The topological polar surface area (TPSA) is 81.8 Å². The van der Waals surface area contributed by atoms with Gasteiger partial charge in [-0.2, -0.15) is 0 Å². The third kappa shape index (κ3) is 3.40. The van der Waals surface area contributed by atoms with Gasteiger partial charge in [-0.25, -0.2) is 4.79 Å². The first-order chi connectivity index (χ1) is 9.61. The second-order valence-electron chi connectivity index (χ2n) is 5.19. The maximum absolute atomic E-state index is 12.3. The van der Waals surface area contributed by atoms with Gasteiger partial charge in [0.2, 0.25) is 11.8 Å².